The van der Waals surface area contributed by atoms with Gasteiger partial charge in [0.25, 0.3) is 11.5 Å². The molecule has 0 fully saturated rings. The van der Waals surface area contributed by atoms with E-state index < -0.39 is 29.5 Å². The average molecular weight is 408 g/mol. The van der Waals surface area contributed by atoms with Gasteiger partial charge in [-0.2, -0.15) is 13.2 Å². The fourth-order valence-corrected chi connectivity index (χ4v) is 3.40. The summed E-state index contributed by atoms with van der Waals surface area (Å²) in [6.45, 7) is 1.40. The highest BCUT2D eigenvalue weighted by Gasteiger charge is 2.35. The summed E-state index contributed by atoms with van der Waals surface area (Å²) in [5, 5.41) is 2.49. The molecule has 154 valence electrons. The molecule has 3 rings (SSSR count). The number of amides is 1. The number of carbonyl (C=O) groups is 1. The van der Waals surface area contributed by atoms with Gasteiger partial charge in [0.15, 0.2) is 0 Å². The fourth-order valence-electron chi connectivity index (χ4n) is 3.40. The smallest absolute Gasteiger partial charge is 0.345 e. The first-order valence-corrected chi connectivity index (χ1v) is 9.27. The van der Waals surface area contributed by atoms with Crippen LogP contribution in [0, 0.1) is 5.82 Å². The summed E-state index contributed by atoms with van der Waals surface area (Å²) in [6, 6.07) is 3.40. The fraction of sp³-hybridized carbons (Fsp3) is 0.333. The second kappa shape index (κ2) is 8.23. The van der Waals surface area contributed by atoms with Crippen LogP contribution in [0.25, 0.3) is 5.57 Å². The third-order valence-corrected chi connectivity index (χ3v) is 4.95. The molecule has 29 heavy (non-hydrogen) atoms. The molecule has 8 heteroatoms. The van der Waals surface area contributed by atoms with E-state index in [-0.39, 0.29) is 16.7 Å². The zero-order chi connectivity index (χ0) is 21.2. The van der Waals surface area contributed by atoms with E-state index in [0.717, 1.165) is 37.3 Å². The molecule has 1 atom stereocenters. The molecule has 1 amide bonds. The molecular formula is C21H20F4N2O2. The van der Waals surface area contributed by atoms with E-state index >= 15 is 0 Å². The van der Waals surface area contributed by atoms with Gasteiger partial charge >= 0.3 is 6.18 Å². The van der Waals surface area contributed by atoms with Gasteiger partial charge in [-0.1, -0.05) is 18.2 Å². The molecule has 0 spiro atoms. The van der Waals surface area contributed by atoms with Crippen LogP contribution in [0.3, 0.4) is 0 Å². The lowest BCUT2D eigenvalue weighted by Gasteiger charge is -2.18. The van der Waals surface area contributed by atoms with Crippen LogP contribution < -0.4 is 10.9 Å². The second-order valence-corrected chi connectivity index (χ2v) is 7.01. The van der Waals surface area contributed by atoms with Crippen molar-refractivity contribution in [1.82, 2.24) is 10.3 Å². The SMILES string of the molecule is C[C@@H](NC(=O)c1c[nH]c(=O)c(C2=CCCCC2)c1)c1cccc(C(F)(F)F)c1F. The van der Waals surface area contributed by atoms with Crippen molar-refractivity contribution in [1.29, 1.82) is 0 Å². The van der Waals surface area contributed by atoms with Gasteiger partial charge in [0.05, 0.1) is 17.2 Å². The Labute approximate surface area is 164 Å². The van der Waals surface area contributed by atoms with Crippen LogP contribution in [-0.2, 0) is 6.18 Å². The van der Waals surface area contributed by atoms with Crippen LogP contribution in [0.2, 0.25) is 0 Å². The zero-order valence-electron chi connectivity index (χ0n) is 15.7. The van der Waals surface area contributed by atoms with E-state index in [1.165, 1.54) is 25.3 Å². The summed E-state index contributed by atoms with van der Waals surface area (Å²) < 4.78 is 53.0. The Bertz CT molecular complexity index is 1010. The molecule has 0 bridgehead atoms. The Morgan fingerprint density at radius 1 is 1.24 bits per heavy atom. The number of H-pyrrole nitrogens is 1. The standard InChI is InChI=1S/C21H20F4N2O2/c1-12(15-8-5-9-17(18(15)22)21(23,24)25)27-19(28)14-10-16(20(29)26-11-14)13-6-3-2-4-7-13/h5-6,8-12H,2-4,7H2,1H3,(H,26,29)(H,27,28)/t12-/m1/s1. The van der Waals surface area contributed by atoms with Gasteiger partial charge in [-0.15, -0.1) is 0 Å². The van der Waals surface area contributed by atoms with Crippen molar-refractivity contribution < 1.29 is 22.4 Å². The molecule has 0 saturated heterocycles. The van der Waals surface area contributed by atoms with Crippen molar-refractivity contribution >= 4 is 11.5 Å². The summed E-state index contributed by atoms with van der Waals surface area (Å²) >= 11 is 0. The molecule has 1 aromatic carbocycles. The van der Waals surface area contributed by atoms with Crippen molar-refractivity contribution in [2.24, 2.45) is 0 Å². The van der Waals surface area contributed by atoms with Gasteiger partial charge in [-0.25, -0.2) is 4.39 Å². The first-order chi connectivity index (χ1) is 13.7. The Hall–Kier alpha value is -2.90. The number of rotatable bonds is 4. The van der Waals surface area contributed by atoms with Gasteiger partial charge < -0.3 is 10.3 Å². The minimum Gasteiger partial charge on any atom is -0.345 e. The van der Waals surface area contributed by atoms with Gasteiger partial charge in [-0.3, -0.25) is 9.59 Å². The van der Waals surface area contributed by atoms with Crippen LogP contribution in [0.1, 0.15) is 65.7 Å². The molecular weight excluding hydrogens is 388 g/mol. The number of benzene rings is 1. The highest BCUT2D eigenvalue weighted by Crippen LogP contribution is 2.34. The molecule has 1 heterocycles. The molecule has 2 aromatic rings. The largest absolute Gasteiger partial charge is 0.419 e. The van der Waals surface area contributed by atoms with E-state index in [1.54, 1.807) is 0 Å². The number of allylic oxidation sites excluding steroid dienone is 2. The molecule has 0 unspecified atom stereocenters. The number of halogens is 4. The normalized spacial score (nSPS) is 15.6. The van der Waals surface area contributed by atoms with Gasteiger partial charge in [-0.05, 0) is 50.3 Å². The van der Waals surface area contributed by atoms with Gasteiger partial charge in [0.1, 0.15) is 5.82 Å². The van der Waals surface area contributed by atoms with Crippen LogP contribution in [0.4, 0.5) is 17.6 Å². The minimum absolute atomic E-state index is 0.144. The van der Waals surface area contributed by atoms with Gasteiger partial charge in [0.2, 0.25) is 0 Å². The molecule has 0 saturated carbocycles. The summed E-state index contributed by atoms with van der Waals surface area (Å²) in [5.41, 5.74) is -0.559. The number of alkyl halides is 3. The Morgan fingerprint density at radius 2 is 2.00 bits per heavy atom. The summed E-state index contributed by atoms with van der Waals surface area (Å²) in [6.07, 6.45) is 1.97. The Balaban J connectivity index is 1.84. The van der Waals surface area contributed by atoms with Crippen LogP contribution in [-0.4, -0.2) is 10.9 Å². The van der Waals surface area contributed by atoms with E-state index in [4.69, 9.17) is 0 Å². The third kappa shape index (κ3) is 4.58. The first-order valence-electron chi connectivity index (χ1n) is 9.27. The minimum atomic E-state index is -4.83. The van der Waals surface area contributed by atoms with Crippen molar-refractivity contribution in [3.05, 3.63) is 75.0 Å². The average Bonchev–Trinajstić information content (AvgIpc) is 2.68. The number of pyridine rings is 1. The molecule has 1 aliphatic carbocycles. The second-order valence-electron chi connectivity index (χ2n) is 7.01. The van der Waals surface area contributed by atoms with Crippen molar-refractivity contribution in [2.45, 2.75) is 44.8 Å². The predicted molar refractivity (Wildman–Crippen MR) is 101 cm³/mol. The first kappa shape index (κ1) is 20.8. The van der Waals surface area contributed by atoms with Crippen molar-refractivity contribution in [2.75, 3.05) is 0 Å². The maximum Gasteiger partial charge on any atom is 0.419 e. The quantitative estimate of drug-likeness (QED) is 0.701. The molecule has 4 nitrogen and oxygen atoms in total. The number of hydrogen-bond donors (Lipinski definition) is 2. The lowest BCUT2D eigenvalue weighted by Crippen LogP contribution is -2.29. The summed E-state index contributed by atoms with van der Waals surface area (Å²) in [5.74, 6) is -2.04. The number of carbonyl (C=O) groups excluding carboxylic acids is 1. The number of aromatic nitrogens is 1. The molecule has 2 N–H and O–H groups in total. The lowest BCUT2D eigenvalue weighted by molar-refractivity contribution is -0.140. The highest BCUT2D eigenvalue weighted by atomic mass is 19.4. The maximum absolute atomic E-state index is 14.3. The highest BCUT2D eigenvalue weighted by molar-refractivity contribution is 5.95. The molecule has 0 radical (unpaired) electrons. The predicted octanol–water partition coefficient (Wildman–Crippen LogP) is 4.98. The number of hydrogen-bond acceptors (Lipinski definition) is 2. The molecule has 1 aliphatic rings. The van der Waals surface area contributed by atoms with Gasteiger partial charge in [0, 0.05) is 17.3 Å². The lowest BCUT2D eigenvalue weighted by atomic mass is 9.94. The van der Waals surface area contributed by atoms with E-state index in [2.05, 4.69) is 10.3 Å². The third-order valence-electron chi connectivity index (χ3n) is 4.95. The Morgan fingerprint density at radius 3 is 2.66 bits per heavy atom. The van der Waals surface area contributed by atoms with Crippen molar-refractivity contribution in [3.63, 3.8) is 0 Å². The van der Waals surface area contributed by atoms with Crippen LogP contribution in [0.5, 0.6) is 0 Å². The van der Waals surface area contributed by atoms with E-state index in [1.807, 2.05) is 6.08 Å². The monoisotopic (exact) mass is 408 g/mol. The summed E-state index contributed by atoms with van der Waals surface area (Å²) in [4.78, 5) is 27.2. The van der Waals surface area contributed by atoms with Crippen LogP contribution in [0.15, 0.2) is 41.3 Å². The van der Waals surface area contributed by atoms with E-state index in [0.29, 0.717) is 11.6 Å². The molecule has 1 aromatic heterocycles. The van der Waals surface area contributed by atoms with Crippen molar-refractivity contribution in [3.8, 4) is 0 Å². The summed E-state index contributed by atoms with van der Waals surface area (Å²) in [7, 11) is 0. The molecule has 0 aliphatic heterocycles. The topological polar surface area (TPSA) is 62.0 Å². The number of aromatic amines is 1. The number of nitrogens with one attached hydrogen (secondary N) is 2. The Kier molecular flexibility index (Phi) is 5.91. The zero-order valence-corrected chi connectivity index (χ0v) is 15.7. The van der Waals surface area contributed by atoms with E-state index in [9.17, 15) is 27.2 Å². The maximum atomic E-state index is 14.3. The van der Waals surface area contributed by atoms with Crippen LogP contribution >= 0.6 is 0 Å².